The molecule has 21 heavy (non-hydrogen) atoms. The molecule has 3 rings (SSSR count). The summed E-state index contributed by atoms with van der Waals surface area (Å²) in [7, 11) is 0. The number of piperazine rings is 1. The molecule has 1 saturated heterocycles. The van der Waals surface area contributed by atoms with Crippen LogP contribution in [0.5, 0.6) is 0 Å². The van der Waals surface area contributed by atoms with E-state index < -0.39 is 0 Å². The number of nitrogens with one attached hydrogen (secondary N) is 2. The molecule has 0 unspecified atom stereocenters. The normalized spacial score (nSPS) is 14.7. The van der Waals surface area contributed by atoms with Crippen LogP contribution in [-0.4, -0.2) is 36.4 Å². The summed E-state index contributed by atoms with van der Waals surface area (Å²) in [5.41, 5.74) is 0.638. The van der Waals surface area contributed by atoms with Gasteiger partial charge in [-0.05, 0) is 23.6 Å². The fourth-order valence-electron chi connectivity index (χ4n) is 2.08. The van der Waals surface area contributed by atoms with Gasteiger partial charge in [0.05, 0.1) is 23.3 Å². The Morgan fingerprint density at radius 2 is 2.29 bits per heavy atom. The van der Waals surface area contributed by atoms with E-state index in [1.54, 1.807) is 18.3 Å². The van der Waals surface area contributed by atoms with Gasteiger partial charge in [-0.2, -0.15) is 0 Å². The van der Waals surface area contributed by atoms with Crippen molar-refractivity contribution in [2.75, 3.05) is 29.9 Å². The summed E-state index contributed by atoms with van der Waals surface area (Å²) in [4.78, 5) is 30.1. The van der Waals surface area contributed by atoms with Gasteiger partial charge in [-0.25, -0.2) is 4.98 Å². The van der Waals surface area contributed by atoms with E-state index in [2.05, 4.69) is 15.6 Å². The van der Waals surface area contributed by atoms with Gasteiger partial charge in [-0.15, -0.1) is 11.3 Å². The molecule has 3 heterocycles. The summed E-state index contributed by atoms with van der Waals surface area (Å²) in [6, 6.07) is 7.21. The first-order chi connectivity index (χ1) is 10.2. The van der Waals surface area contributed by atoms with Crippen LogP contribution in [0.1, 0.15) is 9.67 Å². The lowest BCUT2D eigenvalue weighted by Crippen LogP contribution is -2.48. The van der Waals surface area contributed by atoms with Gasteiger partial charge in [0.2, 0.25) is 5.91 Å². The smallest absolute Gasteiger partial charge is 0.265 e. The summed E-state index contributed by atoms with van der Waals surface area (Å²) < 4.78 is 0. The Hall–Kier alpha value is -2.41. The van der Waals surface area contributed by atoms with Crippen molar-refractivity contribution in [3.8, 4) is 0 Å². The molecule has 2 aromatic rings. The number of hydrogen-bond acceptors (Lipinski definition) is 5. The Balaban J connectivity index is 1.66. The van der Waals surface area contributed by atoms with E-state index in [1.165, 1.54) is 11.3 Å². The maximum atomic E-state index is 11.9. The Morgan fingerprint density at radius 1 is 1.38 bits per heavy atom. The van der Waals surface area contributed by atoms with E-state index in [-0.39, 0.29) is 11.8 Å². The number of carbonyl (C=O) groups is 2. The van der Waals surface area contributed by atoms with Gasteiger partial charge in [-0.3, -0.25) is 9.59 Å². The van der Waals surface area contributed by atoms with Crippen molar-refractivity contribution in [1.29, 1.82) is 0 Å². The molecular weight excluding hydrogens is 288 g/mol. The van der Waals surface area contributed by atoms with Gasteiger partial charge < -0.3 is 15.5 Å². The molecule has 0 aromatic carbocycles. The molecule has 1 fully saturated rings. The number of thiophene rings is 1. The fraction of sp³-hybridized carbons (Fsp3) is 0.214. The molecule has 0 bridgehead atoms. The number of anilines is 2. The van der Waals surface area contributed by atoms with E-state index in [9.17, 15) is 9.59 Å². The maximum Gasteiger partial charge on any atom is 0.265 e. The molecule has 7 heteroatoms. The first kappa shape index (κ1) is 13.6. The van der Waals surface area contributed by atoms with Gasteiger partial charge in [0, 0.05) is 13.1 Å². The minimum absolute atomic E-state index is 0.00174. The first-order valence-corrected chi connectivity index (χ1v) is 7.43. The van der Waals surface area contributed by atoms with Crippen LogP contribution in [0.15, 0.2) is 35.8 Å². The minimum Gasteiger partial charge on any atom is -0.353 e. The highest BCUT2D eigenvalue weighted by Crippen LogP contribution is 2.16. The topological polar surface area (TPSA) is 74.3 Å². The lowest BCUT2D eigenvalue weighted by molar-refractivity contribution is -0.120. The van der Waals surface area contributed by atoms with Crippen LogP contribution in [0.2, 0.25) is 0 Å². The highest BCUT2D eigenvalue weighted by atomic mass is 32.1. The SMILES string of the molecule is O=C1CN(c2ccc(NC(=O)c3cccs3)cn2)CCN1. The Kier molecular flexibility index (Phi) is 3.83. The molecular formula is C14H14N4O2S. The summed E-state index contributed by atoms with van der Waals surface area (Å²) in [5, 5.41) is 7.42. The zero-order chi connectivity index (χ0) is 14.7. The van der Waals surface area contributed by atoms with Crippen molar-refractivity contribution in [3.05, 3.63) is 40.7 Å². The lowest BCUT2D eigenvalue weighted by Gasteiger charge is -2.27. The summed E-state index contributed by atoms with van der Waals surface area (Å²) >= 11 is 1.39. The van der Waals surface area contributed by atoms with Gasteiger partial charge >= 0.3 is 0 Å². The van der Waals surface area contributed by atoms with Crippen molar-refractivity contribution in [2.24, 2.45) is 0 Å². The highest BCUT2D eigenvalue weighted by molar-refractivity contribution is 7.12. The molecule has 0 spiro atoms. The van der Waals surface area contributed by atoms with Crippen LogP contribution < -0.4 is 15.5 Å². The Morgan fingerprint density at radius 3 is 2.95 bits per heavy atom. The number of nitrogens with zero attached hydrogens (tertiary/aromatic N) is 2. The van der Waals surface area contributed by atoms with Crippen LogP contribution in [0.25, 0.3) is 0 Å². The van der Waals surface area contributed by atoms with Crippen molar-refractivity contribution >= 4 is 34.7 Å². The van der Waals surface area contributed by atoms with E-state index in [4.69, 9.17) is 0 Å². The van der Waals surface area contributed by atoms with E-state index >= 15 is 0 Å². The average molecular weight is 302 g/mol. The second-order valence-corrected chi connectivity index (χ2v) is 5.56. The lowest BCUT2D eigenvalue weighted by atomic mass is 10.3. The Labute approximate surface area is 125 Å². The second kappa shape index (κ2) is 5.92. The zero-order valence-corrected chi connectivity index (χ0v) is 12.0. The van der Waals surface area contributed by atoms with Crippen LogP contribution in [0.3, 0.4) is 0 Å². The predicted octanol–water partition coefficient (Wildman–Crippen LogP) is 1.33. The van der Waals surface area contributed by atoms with Crippen LogP contribution >= 0.6 is 11.3 Å². The molecule has 0 saturated carbocycles. The third-order valence-electron chi connectivity index (χ3n) is 3.11. The second-order valence-electron chi connectivity index (χ2n) is 4.61. The van der Waals surface area contributed by atoms with Crippen molar-refractivity contribution in [2.45, 2.75) is 0 Å². The third-order valence-corrected chi connectivity index (χ3v) is 3.98. The van der Waals surface area contributed by atoms with Crippen molar-refractivity contribution in [3.63, 3.8) is 0 Å². The molecule has 0 aliphatic carbocycles. The van der Waals surface area contributed by atoms with Gasteiger partial charge in [0.1, 0.15) is 5.82 Å². The number of aromatic nitrogens is 1. The molecule has 1 aliphatic heterocycles. The van der Waals surface area contributed by atoms with E-state index in [1.807, 2.05) is 22.4 Å². The fourth-order valence-corrected chi connectivity index (χ4v) is 2.70. The number of rotatable bonds is 3. The van der Waals surface area contributed by atoms with Gasteiger partial charge in [0.25, 0.3) is 5.91 Å². The van der Waals surface area contributed by atoms with E-state index in [0.29, 0.717) is 23.7 Å². The number of hydrogen-bond donors (Lipinski definition) is 2. The minimum atomic E-state index is -0.142. The Bertz CT molecular complexity index is 640. The summed E-state index contributed by atoms with van der Waals surface area (Å²) in [6.07, 6.45) is 1.60. The number of pyridine rings is 1. The number of carbonyl (C=O) groups excluding carboxylic acids is 2. The zero-order valence-electron chi connectivity index (χ0n) is 11.2. The molecule has 2 aromatic heterocycles. The number of amides is 2. The monoisotopic (exact) mass is 302 g/mol. The summed E-state index contributed by atoms with van der Waals surface area (Å²) in [6.45, 7) is 1.67. The van der Waals surface area contributed by atoms with Crippen molar-refractivity contribution < 1.29 is 9.59 Å². The molecule has 6 nitrogen and oxygen atoms in total. The molecule has 2 N–H and O–H groups in total. The molecule has 0 radical (unpaired) electrons. The largest absolute Gasteiger partial charge is 0.353 e. The first-order valence-electron chi connectivity index (χ1n) is 6.55. The van der Waals surface area contributed by atoms with Crippen LogP contribution in [0, 0.1) is 0 Å². The van der Waals surface area contributed by atoms with Gasteiger partial charge in [0.15, 0.2) is 0 Å². The quantitative estimate of drug-likeness (QED) is 0.897. The highest BCUT2D eigenvalue weighted by Gasteiger charge is 2.17. The average Bonchev–Trinajstić information content (AvgIpc) is 3.02. The molecule has 1 aliphatic rings. The third kappa shape index (κ3) is 3.19. The van der Waals surface area contributed by atoms with Crippen molar-refractivity contribution in [1.82, 2.24) is 10.3 Å². The molecule has 0 atom stereocenters. The summed E-state index contributed by atoms with van der Waals surface area (Å²) in [5.74, 6) is 0.592. The predicted molar refractivity (Wildman–Crippen MR) is 81.7 cm³/mol. The van der Waals surface area contributed by atoms with Gasteiger partial charge in [-0.1, -0.05) is 6.07 Å². The molecule has 2 amide bonds. The van der Waals surface area contributed by atoms with Crippen LogP contribution in [-0.2, 0) is 4.79 Å². The molecule has 108 valence electrons. The van der Waals surface area contributed by atoms with Crippen LogP contribution in [0.4, 0.5) is 11.5 Å². The standard InChI is InChI=1S/C14H14N4O2S/c19-13-9-18(6-5-15-13)12-4-3-10(8-16-12)17-14(20)11-2-1-7-21-11/h1-4,7-8H,5-6,9H2,(H,15,19)(H,17,20). The maximum absolute atomic E-state index is 11.9. The van der Waals surface area contributed by atoms with E-state index in [0.717, 1.165) is 12.4 Å².